The maximum absolute atomic E-state index is 15.4. The fourth-order valence-electron chi connectivity index (χ4n) is 4.87. The smallest absolute Gasteiger partial charge is 0.197 e. The van der Waals surface area contributed by atoms with Crippen LogP contribution in [0.5, 0.6) is 17.2 Å². The van der Waals surface area contributed by atoms with Gasteiger partial charge in [-0.25, -0.2) is 4.39 Å². The number of nitrogens with zero attached hydrogens (tertiary/aromatic N) is 2. The van der Waals surface area contributed by atoms with Crippen molar-refractivity contribution in [2.45, 2.75) is 40.2 Å². The number of aromatic hydroxyl groups is 1. The van der Waals surface area contributed by atoms with E-state index in [2.05, 4.69) is 10.6 Å². The third-order valence-corrected chi connectivity index (χ3v) is 6.25. The normalized spacial score (nSPS) is 14.6. The molecule has 0 amide bonds. The number of hydrogen-bond donors (Lipinski definition) is 1. The van der Waals surface area contributed by atoms with E-state index in [4.69, 9.17) is 9.47 Å². The molecule has 4 rings (SSSR count). The molecule has 0 spiro atoms. The quantitative estimate of drug-likeness (QED) is 0.599. The molecule has 1 N–H and O–H groups in total. The number of aryl methyl sites for hydroxylation is 2. The van der Waals surface area contributed by atoms with E-state index in [1.807, 2.05) is 39.8 Å². The first-order chi connectivity index (χ1) is 14.7. The van der Waals surface area contributed by atoms with Crippen LogP contribution in [0.1, 0.15) is 40.9 Å². The van der Waals surface area contributed by atoms with Crippen LogP contribution in [0.25, 0.3) is 22.4 Å². The van der Waals surface area contributed by atoms with Crippen LogP contribution >= 0.6 is 0 Å². The molecule has 6 heteroatoms. The first kappa shape index (κ1) is 20.8. The minimum absolute atomic E-state index is 0.0461. The fraction of sp³-hybridized carbons (Fsp3) is 0.320. The molecular formula is C25H25FN2O3. The average molecular weight is 420 g/mol. The maximum atomic E-state index is 15.4. The van der Waals surface area contributed by atoms with Crippen LogP contribution in [0.15, 0.2) is 18.2 Å². The number of aromatic nitrogens is 1. The van der Waals surface area contributed by atoms with Gasteiger partial charge in [-0.2, -0.15) is 5.26 Å². The average Bonchev–Trinajstić information content (AvgIpc) is 3.05. The van der Waals surface area contributed by atoms with E-state index >= 15 is 4.39 Å². The summed E-state index contributed by atoms with van der Waals surface area (Å²) >= 11 is 0. The lowest BCUT2D eigenvalue weighted by Crippen LogP contribution is -2.19. The fourth-order valence-corrected chi connectivity index (χ4v) is 4.87. The summed E-state index contributed by atoms with van der Waals surface area (Å²) in [5.74, 6) is 0.172. The standard InChI is InChI=1S/C25H25FN2O3/c1-12-7-16(8-13(2)24(12)29)21-15(4)28-14(3)9-17-18(23(28)19(21)11-27)10-20(30-5)25(31-6)22(17)26/h7-8,10,14,29H,9H2,1-6H3. The monoisotopic (exact) mass is 420 g/mol. The Morgan fingerprint density at radius 2 is 1.77 bits per heavy atom. The summed E-state index contributed by atoms with van der Waals surface area (Å²) in [5.41, 5.74) is 6.43. The molecule has 3 aromatic rings. The second-order valence-electron chi connectivity index (χ2n) is 8.13. The first-order valence-electron chi connectivity index (χ1n) is 10.1. The van der Waals surface area contributed by atoms with Crippen molar-refractivity contribution in [1.82, 2.24) is 4.57 Å². The molecule has 1 aliphatic heterocycles. The minimum atomic E-state index is -0.449. The molecule has 0 bridgehead atoms. The Hall–Kier alpha value is -3.46. The van der Waals surface area contributed by atoms with Gasteiger partial charge in [0.25, 0.3) is 0 Å². The number of halogens is 1. The second-order valence-corrected chi connectivity index (χ2v) is 8.13. The number of hydrogen-bond acceptors (Lipinski definition) is 4. The van der Waals surface area contributed by atoms with Gasteiger partial charge in [0, 0.05) is 28.4 Å². The van der Waals surface area contributed by atoms with E-state index in [1.165, 1.54) is 14.2 Å². The topological polar surface area (TPSA) is 67.4 Å². The van der Waals surface area contributed by atoms with Crippen molar-refractivity contribution in [3.63, 3.8) is 0 Å². The van der Waals surface area contributed by atoms with Gasteiger partial charge < -0.3 is 19.1 Å². The Morgan fingerprint density at radius 1 is 1.13 bits per heavy atom. The van der Waals surface area contributed by atoms with Crippen LogP contribution in [0.3, 0.4) is 0 Å². The third-order valence-electron chi connectivity index (χ3n) is 6.25. The van der Waals surface area contributed by atoms with E-state index in [1.54, 1.807) is 6.07 Å². The Balaban J connectivity index is 2.10. The molecule has 0 fully saturated rings. The third kappa shape index (κ3) is 2.88. The summed E-state index contributed by atoms with van der Waals surface area (Å²) in [5, 5.41) is 20.4. The molecule has 5 nitrogen and oxygen atoms in total. The summed E-state index contributed by atoms with van der Waals surface area (Å²) in [6.45, 7) is 7.69. The van der Waals surface area contributed by atoms with Gasteiger partial charge in [-0.05, 0) is 69.0 Å². The summed E-state index contributed by atoms with van der Waals surface area (Å²) in [4.78, 5) is 0. The number of ether oxygens (including phenoxy) is 2. The van der Waals surface area contributed by atoms with E-state index in [9.17, 15) is 10.4 Å². The van der Waals surface area contributed by atoms with E-state index in [0.29, 0.717) is 34.6 Å². The highest BCUT2D eigenvalue weighted by Crippen LogP contribution is 2.49. The van der Waals surface area contributed by atoms with Crippen LogP contribution in [-0.2, 0) is 6.42 Å². The number of phenolic OH excluding ortho intramolecular Hbond substituents is 1. The second kappa shape index (κ2) is 7.35. The zero-order chi connectivity index (χ0) is 22.6. The van der Waals surface area contributed by atoms with Crippen LogP contribution in [0.4, 0.5) is 4.39 Å². The largest absolute Gasteiger partial charge is 0.507 e. The molecule has 1 unspecified atom stereocenters. The van der Waals surface area contributed by atoms with Crippen LogP contribution in [0.2, 0.25) is 0 Å². The number of benzene rings is 2. The minimum Gasteiger partial charge on any atom is -0.507 e. The van der Waals surface area contributed by atoms with Gasteiger partial charge in [0.15, 0.2) is 17.3 Å². The highest BCUT2D eigenvalue weighted by molar-refractivity contribution is 5.87. The number of nitriles is 1. The summed E-state index contributed by atoms with van der Waals surface area (Å²) in [6.07, 6.45) is 0.474. The molecule has 0 saturated carbocycles. The van der Waals surface area contributed by atoms with Crippen molar-refractivity contribution in [3.05, 3.63) is 52.0 Å². The zero-order valence-electron chi connectivity index (χ0n) is 18.6. The lowest BCUT2D eigenvalue weighted by atomic mass is 9.90. The van der Waals surface area contributed by atoms with Gasteiger partial charge in [0.05, 0.1) is 25.5 Å². The van der Waals surface area contributed by atoms with Crippen molar-refractivity contribution < 1.29 is 19.0 Å². The Labute approximate surface area is 181 Å². The van der Waals surface area contributed by atoms with Gasteiger partial charge >= 0.3 is 0 Å². The van der Waals surface area contributed by atoms with E-state index < -0.39 is 5.82 Å². The van der Waals surface area contributed by atoms with E-state index in [0.717, 1.165) is 27.9 Å². The van der Waals surface area contributed by atoms with Crippen molar-refractivity contribution in [2.75, 3.05) is 14.2 Å². The van der Waals surface area contributed by atoms with E-state index in [-0.39, 0.29) is 17.5 Å². The summed E-state index contributed by atoms with van der Waals surface area (Å²) in [6, 6.07) is 7.85. The van der Waals surface area contributed by atoms with Crippen molar-refractivity contribution in [1.29, 1.82) is 5.26 Å². The molecule has 0 saturated heterocycles. The van der Waals surface area contributed by atoms with Gasteiger partial charge in [0.2, 0.25) is 0 Å². The predicted octanol–water partition coefficient (Wildman–Crippen LogP) is 5.60. The first-order valence-corrected chi connectivity index (χ1v) is 10.1. The number of methoxy groups -OCH3 is 2. The molecule has 1 atom stereocenters. The lowest BCUT2D eigenvalue weighted by Gasteiger charge is -2.28. The number of rotatable bonds is 3. The summed E-state index contributed by atoms with van der Waals surface area (Å²) in [7, 11) is 2.89. The molecule has 2 aromatic carbocycles. The highest BCUT2D eigenvalue weighted by atomic mass is 19.1. The van der Waals surface area contributed by atoms with Gasteiger partial charge in [-0.1, -0.05) is 0 Å². The van der Waals surface area contributed by atoms with Crippen molar-refractivity contribution in [3.8, 4) is 45.7 Å². The van der Waals surface area contributed by atoms with Crippen molar-refractivity contribution >= 4 is 0 Å². The maximum Gasteiger partial charge on any atom is 0.197 e. The Kier molecular flexibility index (Phi) is 4.93. The molecule has 2 heterocycles. The molecule has 31 heavy (non-hydrogen) atoms. The molecular weight excluding hydrogens is 395 g/mol. The Bertz CT molecular complexity index is 1240. The molecule has 1 aromatic heterocycles. The Morgan fingerprint density at radius 3 is 2.32 bits per heavy atom. The SMILES string of the molecule is COc1cc2c(c(F)c1OC)CC(C)n1c(C)c(-c3cc(C)c(O)c(C)c3)c(C#N)c1-2. The summed E-state index contributed by atoms with van der Waals surface area (Å²) < 4.78 is 28.1. The van der Waals surface area contributed by atoms with Gasteiger partial charge in [0.1, 0.15) is 11.8 Å². The van der Waals surface area contributed by atoms with Crippen LogP contribution in [-0.4, -0.2) is 23.9 Å². The predicted molar refractivity (Wildman–Crippen MR) is 117 cm³/mol. The van der Waals surface area contributed by atoms with Crippen LogP contribution < -0.4 is 9.47 Å². The molecule has 160 valence electrons. The number of fused-ring (bicyclic) bond motifs is 3. The lowest BCUT2D eigenvalue weighted by molar-refractivity contribution is 0.334. The zero-order valence-corrected chi connectivity index (χ0v) is 18.6. The highest BCUT2D eigenvalue weighted by Gasteiger charge is 2.34. The van der Waals surface area contributed by atoms with Gasteiger partial charge in [-0.15, -0.1) is 0 Å². The van der Waals surface area contributed by atoms with Gasteiger partial charge in [-0.3, -0.25) is 0 Å². The van der Waals surface area contributed by atoms with Crippen LogP contribution in [0, 0.1) is 37.9 Å². The van der Waals surface area contributed by atoms with Crippen molar-refractivity contribution in [2.24, 2.45) is 0 Å². The molecule has 1 aliphatic rings. The molecule has 0 aliphatic carbocycles. The number of phenols is 1. The molecule has 0 radical (unpaired) electrons.